The Morgan fingerprint density at radius 1 is 1.20 bits per heavy atom. The summed E-state index contributed by atoms with van der Waals surface area (Å²) in [7, 11) is 0. The van der Waals surface area contributed by atoms with E-state index >= 15 is 0 Å². The topological polar surface area (TPSA) is 44.4 Å². The summed E-state index contributed by atoms with van der Waals surface area (Å²) in [4.78, 5) is 14.5. The van der Waals surface area contributed by atoms with Crippen LogP contribution in [0, 0.1) is 0 Å². The normalized spacial score (nSPS) is 16.2. The summed E-state index contributed by atoms with van der Waals surface area (Å²) >= 11 is 0. The largest absolute Gasteiger partial charge is 0.352 e. The Morgan fingerprint density at radius 2 is 1.88 bits per heavy atom. The summed E-state index contributed by atoms with van der Waals surface area (Å²) in [5, 5.41) is 6.53. The van der Waals surface area contributed by atoms with Crippen LogP contribution in [0.15, 0.2) is 24.3 Å². The molecule has 1 fully saturated rings. The van der Waals surface area contributed by atoms with Crippen LogP contribution in [-0.2, 0) is 17.9 Å². The van der Waals surface area contributed by atoms with Crippen molar-refractivity contribution in [3.05, 3.63) is 35.4 Å². The molecule has 2 N–H and O–H groups in total. The van der Waals surface area contributed by atoms with E-state index in [-0.39, 0.29) is 30.7 Å². The standard InChI is InChI=1S/C19H31N3O.2ClH/c1-3-22(4-2)15-17-9-6-5-8-16(17)14-21-19(23)12-11-18-10-7-13-20-18;;/h5-6,8-9,18,20H,3-4,7,10-15H2,1-2H3,(H,21,23);2*1H. The van der Waals surface area contributed by atoms with Crippen molar-refractivity contribution in [2.75, 3.05) is 19.6 Å². The zero-order valence-electron chi connectivity index (χ0n) is 15.4. The fourth-order valence-corrected chi connectivity index (χ4v) is 3.16. The first-order chi connectivity index (χ1) is 11.2. The van der Waals surface area contributed by atoms with Crippen LogP contribution in [0.2, 0.25) is 0 Å². The minimum Gasteiger partial charge on any atom is -0.352 e. The highest BCUT2D eigenvalue weighted by atomic mass is 35.5. The lowest BCUT2D eigenvalue weighted by Crippen LogP contribution is -2.28. The van der Waals surface area contributed by atoms with Crippen LogP contribution in [0.3, 0.4) is 0 Å². The van der Waals surface area contributed by atoms with Gasteiger partial charge in [-0.25, -0.2) is 0 Å². The van der Waals surface area contributed by atoms with Crippen LogP contribution >= 0.6 is 24.8 Å². The Morgan fingerprint density at radius 3 is 2.48 bits per heavy atom. The molecule has 0 radical (unpaired) electrons. The number of nitrogens with one attached hydrogen (secondary N) is 2. The highest BCUT2D eigenvalue weighted by Crippen LogP contribution is 2.13. The first-order valence-corrected chi connectivity index (χ1v) is 9.02. The number of halogens is 2. The number of carbonyl (C=O) groups excluding carboxylic acids is 1. The molecule has 1 unspecified atom stereocenters. The van der Waals surface area contributed by atoms with E-state index in [0.29, 0.717) is 19.0 Å². The summed E-state index contributed by atoms with van der Waals surface area (Å²) in [5.74, 6) is 0.163. The molecule has 4 nitrogen and oxygen atoms in total. The van der Waals surface area contributed by atoms with Gasteiger partial charge in [0.25, 0.3) is 0 Å². The zero-order chi connectivity index (χ0) is 16.5. The Hall–Kier alpha value is -0.810. The van der Waals surface area contributed by atoms with Gasteiger partial charge in [0.15, 0.2) is 0 Å². The third-order valence-electron chi connectivity index (χ3n) is 4.77. The number of rotatable bonds is 9. The van der Waals surface area contributed by atoms with Crippen molar-refractivity contribution in [1.82, 2.24) is 15.5 Å². The molecule has 1 atom stereocenters. The Balaban J connectivity index is 0.00000288. The maximum Gasteiger partial charge on any atom is 0.220 e. The van der Waals surface area contributed by atoms with Gasteiger partial charge in [-0.15, -0.1) is 24.8 Å². The van der Waals surface area contributed by atoms with Crippen molar-refractivity contribution >= 4 is 30.7 Å². The van der Waals surface area contributed by atoms with Crippen LogP contribution in [-0.4, -0.2) is 36.5 Å². The molecule has 0 bridgehead atoms. The molecule has 0 spiro atoms. The fraction of sp³-hybridized carbons (Fsp3) is 0.632. The van der Waals surface area contributed by atoms with Crippen molar-refractivity contribution in [2.24, 2.45) is 0 Å². The zero-order valence-corrected chi connectivity index (χ0v) is 17.1. The average molecular weight is 390 g/mol. The molecule has 25 heavy (non-hydrogen) atoms. The van der Waals surface area contributed by atoms with Crippen LogP contribution in [0.25, 0.3) is 0 Å². The molecular formula is C19H33Cl2N3O. The predicted molar refractivity (Wildman–Crippen MR) is 110 cm³/mol. The first-order valence-electron chi connectivity index (χ1n) is 9.02. The van der Waals surface area contributed by atoms with Crippen LogP contribution in [0.4, 0.5) is 0 Å². The predicted octanol–water partition coefficient (Wildman–Crippen LogP) is 3.52. The van der Waals surface area contributed by atoms with Gasteiger partial charge in [0.05, 0.1) is 0 Å². The third-order valence-corrected chi connectivity index (χ3v) is 4.77. The molecular weight excluding hydrogens is 357 g/mol. The van der Waals surface area contributed by atoms with E-state index < -0.39 is 0 Å². The summed E-state index contributed by atoms with van der Waals surface area (Å²) < 4.78 is 0. The van der Waals surface area contributed by atoms with Crippen LogP contribution in [0.1, 0.15) is 50.7 Å². The van der Waals surface area contributed by atoms with Crippen molar-refractivity contribution in [3.8, 4) is 0 Å². The van der Waals surface area contributed by atoms with Gasteiger partial charge in [0.2, 0.25) is 5.91 Å². The highest BCUT2D eigenvalue weighted by molar-refractivity contribution is 5.85. The smallest absolute Gasteiger partial charge is 0.220 e. The minimum atomic E-state index is 0. The molecule has 1 saturated heterocycles. The second-order valence-electron chi connectivity index (χ2n) is 6.34. The van der Waals surface area contributed by atoms with Crippen molar-refractivity contribution in [2.45, 2.75) is 58.7 Å². The first kappa shape index (κ1) is 24.2. The number of nitrogens with zero attached hydrogens (tertiary/aromatic N) is 1. The number of benzene rings is 1. The second kappa shape index (κ2) is 13.4. The molecule has 0 aliphatic carbocycles. The number of amides is 1. The molecule has 1 amide bonds. The lowest BCUT2D eigenvalue weighted by atomic mass is 10.1. The van der Waals surface area contributed by atoms with E-state index in [4.69, 9.17) is 0 Å². The average Bonchev–Trinajstić information content (AvgIpc) is 3.10. The van der Waals surface area contributed by atoms with Gasteiger partial charge in [-0.3, -0.25) is 9.69 Å². The maximum atomic E-state index is 12.1. The van der Waals surface area contributed by atoms with Gasteiger partial charge in [0.1, 0.15) is 0 Å². The SMILES string of the molecule is CCN(CC)Cc1ccccc1CNC(=O)CCC1CCCN1.Cl.Cl. The molecule has 1 aliphatic heterocycles. The molecule has 2 rings (SSSR count). The van der Waals surface area contributed by atoms with Gasteiger partial charge in [-0.1, -0.05) is 38.1 Å². The van der Waals surface area contributed by atoms with Crippen molar-refractivity contribution < 1.29 is 4.79 Å². The van der Waals surface area contributed by atoms with Gasteiger partial charge < -0.3 is 10.6 Å². The van der Waals surface area contributed by atoms with Crippen molar-refractivity contribution in [1.29, 1.82) is 0 Å². The molecule has 1 heterocycles. The van der Waals surface area contributed by atoms with Crippen LogP contribution in [0.5, 0.6) is 0 Å². The summed E-state index contributed by atoms with van der Waals surface area (Å²) in [5.41, 5.74) is 2.54. The molecule has 6 heteroatoms. The number of hydrogen-bond donors (Lipinski definition) is 2. The number of carbonyl (C=O) groups is 1. The van der Waals surface area contributed by atoms with Crippen molar-refractivity contribution in [3.63, 3.8) is 0 Å². The lowest BCUT2D eigenvalue weighted by molar-refractivity contribution is -0.121. The van der Waals surface area contributed by atoms with E-state index in [2.05, 4.69) is 53.6 Å². The van der Waals surface area contributed by atoms with Gasteiger partial charge in [-0.2, -0.15) is 0 Å². The molecule has 0 saturated carbocycles. The molecule has 144 valence electrons. The Kier molecular flexibility index (Phi) is 13.0. The summed E-state index contributed by atoms with van der Waals surface area (Å²) in [6, 6.07) is 8.96. The quantitative estimate of drug-likeness (QED) is 0.678. The van der Waals surface area contributed by atoms with E-state index in [1.54, 1.807) is 0 Å². The highest BCUT2D eigenvalue weighted by Gasteiger charge is 2.15. The van der Waals surface area contributed by atoms with Gasteiger partial charge >= 0.3 is 0 Å². The van der Waals surface area contributed by atoms with Crippen LogP contribution < -0.4 is 10.6 Å². The van der Waals surface area contributed by atoms with E-state index in [0.717, 1.165) is 32.6 Å². The molecule has 1 aromatic rings. The number of hydrogen-bond acceptors (Lipinski definition) is 3. The van der Waals surface area contributed by atoms with E-state index in [1.807, 2.05) is 0 Å². The van der Waals surface area contributed by atoms with Gasteiger partial charge in [-0.05, 0) is 50.0 Å². The minimum absolute atomic E-state index is 0. The fourth-order valence-electron chi connectivity index (χ4n) is 3.16. The third kappa shape index (κ3) is 8.41. The summed E-state index contributed by atoms with van der Waals surface area (Å²) in [6.07, 6.45) is 4.02. The molecule has 0 aromatic heterocycles. The van der Waals surface area contributed by atoms with E-state index in [1.165, 1.54) is 24.0 Å². The lowest BCUT2D eigenvalue weighted by Gasteiger charge is -2.20. The monoisotopic (exact) mass is 389 g/mol. The molecule has 1 aromatic carbocycles. The Labute approximate surface area is 164 Å². The maximum absolute atomic E-state index is 12.1. The van der Waals surface area contributed by atoms with E-state index in [9.17, 15) is 4.79 Å². The second-order valence-corrected chi connectivity index (χ2v) is 6.34. The summed E-state index contributed by atoms with van der Waals surface area (Å²) in [6.45, 7) is 9.15. The van der Waals surface area contributed by atoms with Gasteiger partial charge in [0, 0.05) is 25.6 Å². The Bertz CT molecular complexity index is 489. The molecule has 1 aliphatic rings.